The summed E-state index contributed by atoms with van der Waals surface area (Å²) in [5.41, 5.74) is 7.60. The summed E-state index contributed by atoms with van der Waals surface area (Å²) in [5, 5.41) is 3.06. The molecule has 0 aliphatic heterocycles. The number of nitrogens with one attached hydrogen (secondary N) is 1. The second-order valence-electron chi connectivity index (χ2n) is 5.94. The fraction of sp³-hybridized carbons (Fsp3) is 0.588. The first kappa shape index (κ1) is 16.0. The van der Waals surface area contributed by atoms with Crippen LogP contribution in [0.5, 0.6) is 0 Å². The molecule has 0 spiro atoms. The maximum absolute atomic E-state index is 12.5. The van der Waals surface area contributed by atoms with Crippen LogP contribution in [-0.4, -0.2) is 29.4 Å². The number of nitrogens with zero attached hydrogens (tertiary/aromatic N) is 1. The molecule has 1 aliphatic rings. The van der Waals surface area contributed by atoms with Gasteiger partial charge in [-0.15, -0.1) is 0 Å². The number of carbonyl (C=O) groups is 1. The molecular formula is C17H27N3O. The van der Waals surface area contributed by atoms with E-state index >= 15 is 0 Å². The quantitative estimate of drug-likeness (QED) is 0.846. The van der Waals surface area contributed by atoms with Crippen LogP contribution in [0.3, 0.4) is 0 Å². The van der Waals surface area contributed by atoms with Crippen molar-refractivity contribution in [3.05, 3.63) is 29.8 Å². The highest BCUT2D eigenvalue weighted by Gasteiger charge is 2.37. The summed E-state index contributed by atoms with van der Waals surface area (Å²) < 4.78 is 0. The van der Waals surface area contributed by atoms with Crippen LogP contribution < -0.4 is 11.1 Å². The first-order valence-corrected chi connectivity index (χ1v) is 7.99. The Morgan fingerprint density at radius 2 is 1.86 bits per heavy atom. The average molecular weight is 289 g/mol. The number of hydrogen-bond acceptors (Lipinski definition) is 3. The van der Waals surface area contributed by atoms with Crippen molar-refractivity contribution in [3.63, 3.8) is 0 Å². The third-order valence-corrected chi connectivity index (χ3v) is 4.50. The summed E-state index contributed by atoms with van der Waals surface area (Å²) in [7, 11) is 0. The predicted octanol–water partition coefficient (Wildman–Crippen LogP) is 2.74. The van der Waals surface area contributed by atoms with E-state index in [-0.39, 0.29) is 5.91 Å². The summed E-state index contributed by atoms with van der Waals surface area (Å²) in [6.45, 7) is 7.15. The summed E-state index contributed by atoms with van der Waals surface area (Å²) >= 11 is 0. The van der Waals surface area contributed by atoms with Crippen molar-refractivity contribution in [3.8, 4) is 0 Å². The van der Waals surface area contributed by atoms with Crippen molar-refractivity contribution in [1.82, 2.24) is 4.90 Å². The highest BCUT2D eigenvalue weighted by Crippen LogP contribution is 2.29. The van der Waals surface area contributed by atoms with Crippen LogP contribution in [-0.2, 0) is 11.3 Å². The molecule has 3 N–H and O–H groups in total. The molecule has 1 saturated carbocycles. The molecule has 0 atom stereocenters. The minimum Gasteiger partial charge on any atom is -0.324 e. The molecule has 1 fully saturated rings. The van der Waals surface area contributed by atoms with Crippen molar-refractivity contribution >= 4 is 11.6 Å². The lowest BCUT2D eigenvalue weighted by Crippen LogP contribution is -2.48. The van der Waals surface area contributed by atoms with Crippen molar-refractivity contribution in [2.24, 2.45) is 5.73 Å². The van der Waals surface area contributed by atoms with Crippen LogP contribution in [0.2, 0.25) is 0 Å². The number of hydrogen-bond donors (Lipinski definition) is 2. The molecule has 0 unspecified atom stereocenters. The summed E-state index contributed by atoms with van der Waals surface area (Å²) in [4.78, 5) is 14.8. The van der Waals surface area contributed by atoms with Gasteiger partial charge in [-0.25, -0.2) is 0 Å². The van der Waals surface area contributed by atoms with Gasteiger partial charge in [0.25, 0.3) is 0 Å². The molecule has 0 heterocycles. The minimum atomic E-state index is -0.678. The standard InChI is InChI=1S/C17H27N3O/c1-3-20(4-2)13-14-9-5-6-10-15(14)19-16(21)17(18)11-7-8-12-17/h5-6,9-10H,3-4,7-8,11-13,18H2,1-2H3,(H,19,21). The van der Waals surface area contributed by atoms with Gasteiger partial charge in [-0.2, -0.15) is 0 Å². The summed E-state index contributed by atoms with van der Waals surface area (Å²) in [6.07, 6.45) is 3.67. The van der Waals surface area contributed by atoms with Crippen LogP contribution in [0, 0.1) is 0 Å². The topological polar surface area (TPSA) is 58.4 Å². The van der Waals surface area contributed by atoms with Gasteiger partial charge >= 0.3 is 0 Å². The first-order valence-electron chi connectivity index (χ1n) is 7.99. The molecule has 0 saturated heterocycles. The molecule has 1 aliphatic carbocycles. The zero-order valence-corrected chi connectivity index (χ0v) is 13.2. The molecule has 4 nitrogen and oxygen atoms in total. The Bertz CT molecular complexity index is 477. The highest BCUT2D eigenvalue weighted by molar-refractivity contribution is 5.98. The number of para-hydroxylation sites is 1. The molecule has 21 heavy (non-hydrogen) atoms. The fourth-order valence-corrected chi connectivity index (χ4v) is 2.95. The molecule has 0 aromatic heterocycles. The van der Waals surface area contributed by atoms with Gasteiger partial charge in [-0.3, -0.25) is 9.69 Å². The molecule has 116 valence electrons. The van der Waals surface area contributed by atoms with E-state index in [0.717, 1.165) is 56.6 Å². The van der Waals surface area contributed by atoms with E-state index in [4.69, 9.17) is 5.73 Å². The van der Waals surface area contributed by atoms with Gasteiger partial charge in [-0.1, -0.05) is 44.9 Å². The van der Waals surface area contributed by atoms with Crippen LogP contribution >= 0.6 is 0 Å². The molecule has 1 aromatic rings. The molecule has 1 amide bonds. The third-order valence-electron chi connectivity index (χ3n) is 4.50. The van der Waals surface area contributed by atoms with Crippen molar-refractivity contribution < 1.29 is 4.79 Å². The summed E-state index contributed by atoms with van der Waals surface area (Å²) in [5.74, 6) is -0.0352. The Kier molecular flexibility index (Phi) is 5.37. The Balaban J connectivity index is 2.11. The maximum atomic E-state index is 12.5. The van der Waals surface area contributed by atoms with Gasteiger partial charge in [-0.05, 0) is 37.6 Å². The molecule has 2 rings (SSSR count). The molecule has 4 heteroatoms. The Morgan fingerprint density at radius 3 is 2.48 bits per heavy atom. The second-order valence-corrected chi connectivity index (χ2v) is 5.94. The van der Waals surface area contributed by atoms with Crippen LogP contribution in [0.25, 0.3) is 0 Å². The molecular weight excluding hydrogens is 262 g/mol. The second kappa shape index (κ2) is 7.05. The van der Waals surface area contributed by atoms with Gasteiger partial charge in [0.05, 0.1) is 5.54 Å². The Hall–Kier alpha value is -1.39. The van der Waals surface area contributed by atoms with E-state index in [9.17, 15) is 4.79 Å². The van der Waals surface area contributed by atoms with E-state index in [1.54, 1.807) is 0 Å². The zero-order chi connectivity index (χ0) is 15.3. The fourth-order valence-electron chi connectivity index (χ4n) is 2.95. The minimum absolute atomic E-state index is 0.0352. The van der Waals surface area contributed by atoms with E-state index in [1.165, 1.54) is 0 Å². The van der Waals surface area contributed by atoms with Gasteiger partial charge < -0.3 is 11.1 Å². The van der Waals surface area contributed by atoms with E-state index in [2.05, 4.69) is 30.1 Å². The number of nitrogens with two attached hydrogens (primary N) is 1. The number of rotatable bonds is 6. The normalized spacial score (nSPS) is 17.1. The molecule has 1 aromatic carbocycles. The van der Waals surface area contributed by atoms with Crippen molar-refractivity contribution in [2.75, 3.05) is 18.4 Å². The first-order chi connectivity index (χ1) is 10.1. The van der Waals surface area contributed by atoms with E-state index < -0.39 is 5.54 Å². The number of carbonyl (C=O) groups excluding carboxylic acids is 1. The predicted molar refractivity (Wildman–Crippen MR) is 87.1 cm³/mol. The van der Waals surface area contributed by atoms with Gasteiger partial charge in [0.2, 0.25) is 5.91 Å². The average Bonchev–Trinajstić information content (AvgIpc) is 2.94. The van der Waals surface area contributed by atoms with Crippen LogP contribution in [0.4, 0.5) is 5.69 Å². The van der Waals surface area contributed by atoms with Gasteiger partial charge in [0.15, 0.2) is 0 Å². The van der Waals surface area contributed by atoms with E-state index in [0.29, 0.717) is 0 Å². The molecule has 0 bridgehead atoms. The van der Waals surface area contributed by atoms with Gasteiger partial charge in [0, 0.05) is 12.2 Å². The smallest absolute Gasteiger partial charge is 0.244 e. The Morgan fingerprint density at radius 1 is 1.24 bits per heavy atom. The SMILES string of the molecule is CCN(CC)Cc1ccccc1NC(=O)C1(N)CCCC1. The number of amides is 1. The van der Waals surface area contributed by atoms with Crippen LogP contribution in [0.15, 0.2) is 24.3 Å². The van der Waals surface area contributed by atoms with Crippen molar-refractivity contribution in [2.45, 2.75) is 51.6 Å². The van der Waals surface area contributed by atoms with Crippen LogP contribution in [0.1, 0.15) is 45.1 Å². The Labute approximate surface area is 127 Å². The monoisotopic (exact) mass is 289 g/mol. The maximum Gasteiger partial charge on any atom is 0.244 e. The molecule has 0 radical (unpaired) electrons. The van der Waals surface area contributed by atoms with E-state index in [1.807, 2.05) is 18.2 Å². The number of benzene rings is 1. The third kappa shape index (κ3) is 3.83. The lowest BCUT2D eigenvalue weighted by molar-refractivity contribution is -0.121. The zero-order valence-electron chi connectivity index (χ0n) is 13.2. The summed E-state index contributed by atoms with van der Waals surface area (Å²) in [6, 6.07) is 8.02. The lowest BCUT2D eigenvalue weighted by atomic mass is 9.97. The lowest BCUT2D eigenvalue weighted by Gasteiger charge is -2.24. The number of anilines is 1. The van der Waals surface area contributed by atoms with Gasteiger partial charge in [0.1, 0.15) is 0 Å². The largest absolute Gasteiger partial charge is 0.324 e. The highest BCUT2D eigenvalue weighted by atomic mass is 16.2. The van der Waals surface area contributed by atoms with Crippen molar-refractivity contribution in [1.29, 1.82) is 0 Å².